The second kappa shape index (κ2) is 5.07. The van der Waals surface area contributed by atoms with Crippen LogP contribution < -0.4 is 5.46 Å². The molecule has 1 unspecified atom stereocenters. The van der Waals surface area contributed by atoms with Gasteiger partial charge in [0.1, 0.15) is 19.8 Å². The van der Waals surface area contributed by atoms with Crippen molar-refractivity contribution in [2.75, 3.05) is 13.2 Å². The molecule has 0 spiro atoms. The van der Waals surface area contributed by atoms with Gasteiger partial charge in [-0.2, -0.15) is 0 Å². The van der Waals surface area contributed by atoms with Crippen molar-refractivity contribution >= 4 is 13.3 Å². The molecule has 1 heterocycles. The fourth-order valence-electron chi connectivity index (χ4n) is 1.28. The largest absolute Gasteiger partial charge is 0.386 e. The maximum Gasteiger partial charge on any atom is 0.146 e. The summed E-state index contributed by atoms with van der Waals surface area (Å²) in [5.41, 5.74) is 0.908. The Morgan fingerprint density at radius 3 is 2.93 bits per heavy atom. The molecule has 1 N–H and O–H groups in total. The third-order valence-corrected chi connectivity index (χ3v) is 1.95. The van der Waals surface area contributed by atoms with Gasteiger partial charge in [-0.15, -0.1) is 0 Å². The Morgan fingerprint density at radius 2 is 2.36 bits per heavy atom. The van der Waals surface area contributed by atoms with Crippen molar-refractivity contribution in [3.8, 4) is 0 Å². The summed E-state index contributed by atoms with van der Waals surface area (Å²) >= 11 is 0. The lowest BCUT2D eigenvalue weighted by atomic mass is 9.90. The summed E-state index contributed by atoms with van der Waals surface area (Å²) < 4.78 is 18.3. The van der Waals surface area contributed by atoms with E-state index in [-0.39, 0.29) is 12.2 Å². The van der Waals surface area contributed by atoms with Crippen LogP contribution in [0.1, 0.15) is 18.6 Å². The number of aromatic nitrogens is 1. The summed E-state index contributed by atoms with van der Waals surface area (Å²) in [7, 11) is 1.71. The van der Waals surface area contributed by atoms with Crippen molar-refractivity contribution in [2.24, 2.45) is 0 Å². The fourth-order valence-corrected chi connectivity index (χ4v) is 1.28. The van der Waals surface area contributed by atoms with Gasteiger partial charge in [0.2, 0.25) is 0 Å². The summed E-state index contributed by atoms with van der Waals surface area (Å²) in [6.07, 6.45) is 1.70. The summed E-state index contributed by atoms with van der Waals surface area (Å²) in [5.74, 6) is -0.489. The molecule has 14 heavy (non-hydrogen) atoms. The minimum Gasteiger partial charge on any atom is -0.386 e. The predicted octanol–water partition coefficient (Wildman–Crippen LogP) is -0.451. The number of ether oxygens (including phenoxy) is 1. The van der Waals surface area contributed by atoms with E-state index < -0.39 is 11.9 Å². The summed E-state index contributed by atoms with van der Waals surface area (Å²) in [6, 6.07) is 0. The highest BCUT2D eigenvalue weighted by molar-refractivity contribution is 6.33. The molecule has 3 nitrogen and oxygen atoms in total. The SMILES string of the molecule is Bc1cncc(F)c1C(O)COCC. The summed E-state index contributed by atoms with van der Waals surface area (Å²) in [6.45, 7) is 2.43. The summed E-state index contributed by atoms with van der Waals surface area (Å²) in [4.78, 5) is 3.68. The average molecular weight is 197 g/mol. The highest BCUT2D eigenvalue weighted by Crippen LogP contribution is 2.13. The van der Waals surface area contributed by atoms with Crippen LogP contribution in [0.15, 0.2) is 12.4 Å². The monoisotopic (exact) mass is 197 g/mol. The van der Waals surface area contributed by atoms with Crippen LogP contribution in [0, 0.1) is 5.82 Å². The standard InChI is InChI=1S/C9H13BFNO2/c1-2-14-5-8(13)9-6(10)3-12-4-7(9)11/h3-4,8,13H,2,5,10H2,1H3. The van der Waals surface area contributed by atoms with Crippen LogP contribution in [0.25, 0.3) is 0 Å². The van der Waals surface area contributed by atoms with Gasteiger partial charge in [-0.1, -0.05) is 5.46 Å². The van der Waals surface area contributed by atoms with E-state index in [0.29, 0.717) is 12.1 Å². The van der Waals surface area contributed by atoms with Crippen LogP contribution in [0.3, 0.4) is 0 Å². The van der Waals surface area contributed by atoms with E-state index in [4.69, 9.17) is 4.74 Å². The lowest BCUT2D eigenvalue weighted by Crippen LogP contribution is -2.20. The number of halogens is 1. The maximum absolute atomic E-state index is 13.3. The summed E-state index contributed by atoms with van der Waals surface area (Å²) in [5, 5.41) is 9.62. The van der Waals surface area contributed by atoms with Crippen molar-refractivity contribution in [1.29, 1.82) is 0 Å². The highest BCUT2D eigenvalue weighted by atomic mass is 19.1. The van der Waals surface area contributed by atoms with Gasteiger partial charge in [-0.3, -0.25) is 4.98 Å². The molecule has 0 aliphatic heterocycles. The Labute approximate surface area is 83.3 Å². The van der Waals surface area contributed by atoms with Gasteiger partial charge < -0.3 is 9.84 Å². The van der Waals surface area contributed by atoms with Crippen molar-refractivity contribution in [1.82, 2.24) is 4.98 Å². The number of hydrogen-bond donors (Lipinski definition) is 1. The van der Waals surface area contributed by atoms with Crippen molar-refractivity contribution in [3.05, 3.63) is 23.8 Å². The smallest absolute Gasteiger partial charge is 0.146 e. The molecule has 1 aromatic heterocycles. The number of pyridine rings is 1. The first-order chi connectivity index (χ1) is 6.66. The lowest BCUT2D eigenvalue weighted by molar-refractivity contribution is 0.0406. The Balaban J connectivity index is 2.82. The molecule has 1 atom stereocenters. The van der Waals surface area contributed by atoms with E-state index in [1.54, 1.807) is 7.85 Å². The van der Waals surface area contributed by atoms with Crippen LogP contribution in [0.5, 0.6) is 0 Å². The van der Waals surface area contributed by atoms with Crippen LogP contribution >= 0.6 is 0 Å². The van der Waals surface area contributed by atoms with E-state index in [1.165, 1.54) is 6.20 Å². The minimum atomic E-state index is -0.919. The highest BCUT2D eigenvalue weighted by Gasteiger charge is 2.15. The first kappa shape index (κ1) is 11.1. The van der Waals surface area contributed by atoms with Crippen molar-refractivity contribution < 1.29 is 14.2 Å². The molecule has 0 saturated carbocycles. The van der Waals surface area contributed by atoms with E-state index in [0.717, 1.165) is 6.20 Å². The second-order valence-electron chi connectivity index (χ2n) is 3.03. The molecule has 0 amide bonds. The molecule has 0 fully saturated rings. The number of nitrogens with zero attached hydrogens (tertiary/aromatic N) is 1. The fraction of sp³-hybridized carbons (Fsp3) is 0.444. The normalized spacial score (nSPS) is 12.8. The lowest BCUT2D eigenvalue weighted by Gasteiger charge is -2.13. The Morgan fingerprint density at radius 1 is 1.64 bits per heavy atom. The van der Waals surface area contributed by atoms with E-state index >= 15 is 0 Å². The Hall–Kier alpha value is -0.935. The molecule has 0 aromatic carbocycles. The van der Waals surface area contributed by atoms with E-state index in [1.807, 2.05) is 6.92 Å². The van der Waals surface area contributed by atoms with Crippen molar-refractivity contribution in [3.63, 3.8) is 0 Å². The van der Waals surface area contributed by atoms with Gasteiger partial charge in [0.25, 0.3) is 0 Å². The third kappa shape index (κ3) is 2.53. The third-order valence-electron chi connectivity index (χ3n) is 1.95. The topological polar surface area (TPSA) is 42.4 Å². The van der Waals surface area contributed by atoms with Crippen LogP contribution in [-0.4, -0.2) is 31.2 Å². The molecular weight excluding hydrogens is 184 g/mol. The maximum atomic E-state index is 13.3. The van der Waals surface area contributed by atoms with Gasteiger partial charge in [0.15, 0.2) is 0 Å². The predicted molar refractivity (Wildman–Crippen MR) is 53.8 cm³/mol. The van der Waals surface area contributed by atoms with E-state index in [2.05, 4.69) is 4.98 Å². The molecule has 0 bridgehead atoms. The van der Waals surface area contributed by atoms with Crippen LogP contribution in [-0.2, 0) is 4.74 Å². The molecule has 1 aromatic rings. The zero-order chi connectivity index (χ0) is 10.6. The van der Waals surface area contributed by atoms with Crippen molar-refractivity contribution in [2.45, 2.75) is 13.0 Å². The van der Waals surface area contributed by atoms with Gasteiger partial charge in [-0.05, 0) is 6.92 Å². The Bertz CT molecular complexity index is 289. The molecule has 76 valence electrons. The zero-order valence-electron chi connectivity index (χ0n) is 8.33. The number of aliphatic hydroxyl groups is 1. The number of aliphatic hydroxyl groups excluding tert-OH is 1. The quantitative estimate of drug-likeness (QED) is 0.664. The van der Waals surface area contributed by atoms with Gasteiger partial charge >= 0.3 is 0 Å². The molecule has 0 saturated heterocycles. The molecule has 0 radical (unpaired) electrons. The number of hydrogen-bond acceptors (Lipinski definition) is 3. The minimum absolute atomic E-state index is 0.109. The number of rotatable bonds is 4. The van der Waals surface area contributed by atoms with Gasteiger partial charge in [0.05, 0.1) is 12.8 Å². The van der Waals surface area contributed by atoms with Crippen LogP contribution in [0.4, 0.5) is 4.39 Å². The van der Waals surface area contributed by atoms with Gasteiger partial charge in [-0.25, -0.2) is 4.39 Å². The molecule has 0 aliphatic carbocycles. The molecular formula is C9H13BFNO2. The first-order valence-electron chi connectivity index (χ1n) is 4.52. The van der Waals surface area contributed by atoms with E-state index in [9.17, 15) is 9.50 Å². The zero-order valence-corrected chi connectivity index (χ0v) is 8.33. The molecule has 1 rings (SSSR count). The van der Waals surface area contributed by atoms with Crippen LogP contribution in [0.2, 0.25) is 0 Å². The first-order valence-corrected chi connectivity index (χ1v) is 4.52. The molecule has 5 heteroatoms. The Kier molecular flexibility index (Phi) is 4.04. The van der Waals surface area contributed by atoms with Gasteiger partial charge in [0, 0.05) is 18.4 Å². The second-order valence-corrected chi connectivity index (χ2v) is 3.03. The average Bonchev–Trinajstić information content (AvgIpc) is 2.14. The molecule has 0 aliphatic rings.